The van der Waals surface area contributed by atoms with Crippen molar-refractivity contribution in [1.82, 2.24) is 25.0 Å². The zero-order chi connectivity index (χ0) is 17.3. The topological polar surface area (TPSA) is 63.1 Å². The summed E-state index contributed by atoms with van der Waals surface area (Å²) in [5.74, 6) is 0.112. The van der Waals surface area contributed by atoms with Gasteiger partial charge in [0.15, 0.2) is 0 Å². The smallest absolute Gasteiger partial charge is 0.293 e. The fourth-order valence-electron chi connectivity index (χ4n) is 2.86. The average Bonchev–Trinajstić information content (AvgIpc) is 3.00. The zero-order valence-electron chi connectivity index (χ0n) is 14.6. The number of nitrogens with zero attached hydrogens (tertiary/aromatic N) is 4. The van der Waals surface area contributed by atoms with Crippen LogP contribution in [0.3, 0.4) is 0 Å². The lowest BCUT2D eigenvalue weighted by molar-refractivity contribution is 0.0643. The van der Waals surface area contributed by atoms with Gasteiger partial charge in [-0.05, 0) is 19.1 Å². The fraction of sp³-hybridized carbons (Fsp3) is 0.471. The van der Waals surface area contributed by atoms with Gasteiger partial charge in [0.25, 0.3) is 5.91 Å². The third kappa shape index (κ3) is 3.82. The molecule has 1 aliphatic rings. The molecule has 1 amide bonds. The number of carbonyl (C=O) groups is 1. The van der Waals surface area contributed by atoms with Crippen molar-refractivity contribution in [2.45, 2.75) is 32.7 Å². The van der Waals surface area contributed by atoms with Gasteiger partial charge in [0, 0.05) is 31.6 Å². The van der Waals surface area contributed by atoms with E-state index >= 15 is 0 Å². The number of piperazine rings is 1. The van der Waals surface area contributed by atoms with Crippen LogP contribution in [-0.4, -0.2) is 51.2 Å². The van der Waals surface area contributed by atoms with Crippen LogP contribution in [0.25, 0.3) is 5.69 Å². The number of carbonyl (C=O) groups excluding carboxylic acids is 1. The number of hydrogen-bond acceptors (Lipinski definition) is 4. The Morgan fingerprint density at radius 2 is 2.08 bits per heavy atom. The molecule has 136 valence electrons. The first kappa shape index (κ1) is 19.3. The molecule has 0 unspecified atom stereocenters. The average molecular weight is 368 g/mol. The molecule has 2 aromatic rings. The highest BCUT2D eigenvalue weighted by atomic mass is 35.5. The third-order valence-electron chi connectivity index (χ3n) is 4.18. The summed E-state index contributed by atoms with van der Waals surface area (Å²) in [6, 6.07) is 6.45. The van der Waals surface area contributed by atoms with Gasteiger partial charge in [-0.3, -0.25) is 4.79 Å². The van der Waals surface area contributed by atoms with Crippen LogP contribution in [0, 0.1) is 5.82 Å². The lowest BCUT2D eigenvalue weighted by Crippen LogP contribution is -2.52. The van der Waals surface area contributed by atoms with Gasteiger partial charge >= 0.3 is 0 Å². The molecule has 1 saturated heterocycles. The number of halogens is 2. The number of amides is 1. The van der Waals surface area contributed by atoms with Gasteiger partial charge in [0.1, 0.15) is 17.3 Å². The summed E-state index contributed by atoms with van der Waals surface area (Å²) < 4.78 is 15.6. The van der Waals surface area contributed by atoms with Crippen LogP contribution in [0.15, 0.2) is 24.3 Å². The highest BCUT2D eigenvalue weighted by Crippen LogP contribution is 2.20. The second kappa shape index (κ2) is 7.93. The molecule has 1 aliphatic heterocycles. The molecule has 0 spiro atoms. The SMILES string of the molecule is CC(C)c1nc(C(=O)N2CCNC[C@@H]2C)nn1-c1ccccc1F.Cl. The minimum atomic E-state index is -0.390. The maximum absolute atomic E-state index is 14.2. The summed E-state index contributed by atoms with van der Waals surface area (Å²) in [6.07, 6.45) is 0. The lowest BCUT2D eigenvalue weighted by Gasteiger charge is -2.33. The molecular formula is C17H23ClFN5O. The van der Waals surface area contributed by atoms with Crippen molar-refractivity contribution >= 4 is 18.3 Å². The molecule has 0 radical (unpaired) electrons. The van der Waals surface area contributed by atoms with E-state index in [0.29, 0.717) is 18.1 Å². The van der Waals surface area contributed by atoms with Crippen molar-refractivity contribution < 1.29 is 9.18 Å². The molecule has 25 heavy (non-hydrogen) atoms. The molecule has 0 saturated carbocycles. The molecule has 2 heterocycles. The zero-order valence-corrected chi connectivity index (χ0v) is 15.4. The van der Waals surface area contributed by atoms with Gasteiger partial charge in [-0.25, -0.2) is 14.1 Å². The number of para-hydroxylation sites is 1. The molecule has 1 atom stereocenters. The van der Waals surface area contributed by atoms with Crippen LogP contribution in [0.5, 0.6) is 0 Å². The molecule has 0 aliphatic carbocycles. The van der Waals surface area contributed by atoms with E-state index in [1.165, 1.54) is 10.7 Å². The van der Waals surface area contributed by atoms with E-state index in [9.17, 15) is 9.18 Å². The van der Waals surface area contributed by atoms with Crippen molar-refractivity contribution in [3.05, 3.63) is 41.7 Å². The van der Waals surface area contributed by atoms with E-state index < -0.39 is 0 Å². The first-order valence-corrected chi connectivity index (χ1v) is 8.22. The summed E-state index contributed by atoms with van der Waals surface area (Å²) >= 11 is 0. The normalized spacial score (nSPS) is 17.5. The molecule has 1 fully saturated rings. The molecule has 1 aromatic carbocycles. The Hall–Kier alpha value is -1.99. The first-order chi connectivity index (χ1) is 11.5. The minimum absolute atomic E-state index is 0. The Balaban J connectivity index is 0.00000225. The monoisotopic (exact) mass is 367 g/mol. The summed E-state index contributed by atoms with van der Waals surface area (Å²) in [5, 5.41) is 7.58. The maximum atomic E-state index is 14.2. The maximum Gasteiger partial charge on any atom is 0.293 e. The lowest BCUT2D eigenvalue weighted by atomic mass is 10.2. The van der Waals surface area contributed by atoms with Crippen molar-refractivity contribution in [2.24, 2.45) is 0 Å². The van der Waals surface area contributed by atoms with Crippen molar-refractivity contribution in [2.75, 3.05) is 19.6 Å². The number of hydrogen-bond donors (Lipinski definition) is 1. The predicted octanol–water partition coefficient (Wildman–Crippen LogP) is 2.39. The number of benzene rings is 1. The molecule has 8 heteroatoms. The summed E-state index contributed by atoms with van der Waals surface area (Å²) in [7, 11) is 0. The molecule has 3 rings (SSSR count). The number of aromatic nitrogens is 3. The molecule has 1 N–H and O–H groups in total. The van der Waals surface area contributed by atoms with Crippen LogP contribution in [0.2, 0.25) is 0 Å². The third-order valence-corrected chi connectivity index (χ3v) is 4.18. The quantitative estimate of drug-likeness (QED) is 0.904. The second-order valence-corrected chi connectivity index (χ2v) is 6.36. The van der Waals surface area contributed by atoms with Crippen LogP contribution >= 0.6 is 12.4 Å². The summed E-state index contributed by atoms with van der Waals surface area (Å²) in [5.41, 5.74) is 0.307. The van der Waals surface area contributed by atoms with Gasteiger partial charge in [-0.2, -0.15) is 0 Å². The highest BCUT2D eigenvalue weighted by Gasteiger charge is 2.28. The van der Waals surface area contributed by atoms with Crippen molar-refractivity contribution in [1.29, 1.82) is 0 Å². The Bertz CT molecular complexity index is 748. The van der Waals surface area contributed by atoms with E-state index in [1.807, 2.05) is 20.8 Å². The van der Waals surface area contributed by atoms with Gasteiger partial charge in [0.2, 0.25) is 5.82 Å². The van der Waals surface area contributed by atoms with E-state index in [2.05, 4.69) is 15.4 Å². The van der Waals surface area contributed by atoms with Crippen LogP contribution in [-0.2, 0) is 0 Å². The van der Waals surface area contributed by atoms with E-state index in [1.54, 1.807) is 23.1 Å². The Morgan fingerprint density at radius 1 is 1.36 bits per heavy atom. The van der Waals surface area contributed by atoms with Gasteiger partial charge in [-0.1, -0.05) is 26.0 Å². The fourth-order valence-corrected chi connectivity index (χ4v) is 2.86. The van der Waals surface area contributed by atoms with Gasteiger partial charge in [0.05, 0.1) is 0 Å². The standard InChI is InChI=1S/C17H22FN5O.ClH/c1-11(2)16-20-15(17(24)22-9-8-19-10-12(22)3)21-23(16)14-7-5-4-6-13(14)18;/h4-7,11-12,19H,8-10H2,1-3H3;1H/t12-;/m0./s1. The predicted molar refractivity (Wildman–Crippen MR) is 96.0 cm³/mol. The summed E-state index contributed by atoms with van der Waals surface area (Å²) in [6.45, 7) is 8.00. The molecule has 0 bridgehead atoms. The van der Waals surface area contributed by atoms with E-state index in [4.69, 9.17) is 0 Å². The minimum Gasteiger partial charge on any atom is -0.331 e. The highest BCUT2D eigenvalue weighted by molar-refractivity contribution is 5.90. The largest absolute Gasteiger partial charge is 0.331 e. The molecular weight excluding hydrogens is 345 g/mol. The Morgan fingerprint density at radius 3 is 2.72 bits per heavy atom. The number of rotatable bonds is 3. The van der Waals surface area contributed by atoms with Crippen LogP contribution in [0.4, 0.5) is 4.39 Å². The van der Waals surface area contributed by atoms with Gasteiger partial charge < -0.3 is 10.2 Å². The van der Waals surface area contributed by atoms with E-state index in [-0.39, 0.29) is 41.9 Å². The molecule has 6 nitrogen and oxygen atoms in total. The summed E-state index contributed by atoms with van der Waals surface area (Å²) in [4.78, 5) is 19.0. The Labute approximate surface area is 152 Å². The second-order valence-electron chi connectivity index (χ2n) is 6.36. The van der Waals surface area contributed by atoms with Gasteiger partial charge in [-0.15, -0.1) is 17.5 Å². The van der Waals surface area contributed by atoms with Crippen molar-refractivity contribution in [3.8, 4) is 5.69 Å². The Kier molecular flexibility index (Phi) is 6.13. The first-order valence-electron chi connectivity index (χ1n) is 8.22. The number of nitrogens with one attached hydrogen (secondary N) is 1. The van der Waals surface area contributed by atoms with Crippen molar-refractivity contribution in [3.63, 3.8) is 0 Å². The van der Waals surface area contributed by atoms with E-state index in [0.717, 1.165) is 13.1 Å². The van der Waals surface area contributed by atoms with Crippen LogP contribution in [0.1, 0.15) is 43.1 Å². The van der Waals surface area contributed by atoms with Crippen LogP contribution < -0.4 is 5.32 Å². The molecule has 1 aromatic heterocycles.